The summed E-state index contributed by atoms with van der Waals surface area (Å²) >= 11 is 7.53. The maximum absolute atomic E-state index is 14.0. The molecule has 1 unspecified atom stereocenters. The zero-order valence-corrected chi connectivity index (χ0v) is 25.2. The number of methoxy groups -OCH3 is 1. The number of hydrogen-bond acceptors (Lipinski definition) is 7. The Balaban J connectivity index is 1.56. The lowest BCUT2D eigenvalue weighted by molar-refractivity contribution is -0.139. The first-order valence-corrected chi connectivity index (χ1v) is 15.0. The lowest BCUT2D eigenvalue weighted by Gasteiger charge is -2.26. The number of thiazole rings is 1. The Morgan fingerprint density at radius 1 is 1.05 bits per heavy atom. The molecular formula is C33H31ClN2O5S. The molecule has 1 aliphatic rings. The minimum atomic E-state index is -0.735. The number of ether oxygens (including phenoxy) is 3. The summed E-state index contributed by atoms with van der Waals surface area (Å²) in [5, 5.41) is 0.657. The van der Waals surface area contributed by atoms with Gasteiger partial charge in [-0.2, -0.15) is 0 Å². The van der Waals surface area contributed by atoms with Crippen LogP contribution in [0.3, 0.4) is 0 Å². The van der Waals surface area contributed by atoms with Crippen LogP contribution >= 0.6 is 22.9 Å². The SMILES string of the molecule is CCCC1=C(C(=O)OCC)C(c2ccccc2OC)n2c(s/c(=C\c3ccc(OCc4ccccc4Cl)cc3)c2=O)=N1. The number of allylic oxidation sites excluding steroid dienone is 1. The summed E-state index contributed by atoms with van der Waals surface area (Å²) in [4.78, 5) is 32.7. The number of hydrogen-bond donors (Lipinski definition) is 0. The maximum atomic E-state index is 14.0. The topological polar surface area (TPSA) is 79.1 Å². The Morgan fingerprint density at radius 3 is 2.50 bits per heavy atom. The second-order valence-corrected chi connectivity index (χ2v) is 11.0. The molecule has 0 aliphatic carbocycles. The predicted octanol–water partition coefficient (Wildman–Crippen LogP) is 5.82. The van der Waals surface area contributed by atoms with E-state index in [4.69, 9.17) is 30.8 Å². The summed E-state index contributed by atoms with van der Waals surface area (Å²) in [5.74, 6) is 0.777. The fourth-order valence-corrected chi connectivity index (χ4v) is 6.11. The fourth-order valence-electron chi connectivity index (χ4n) is 4.90. The van der Waals surface area contributed by atoms with Gasteiger partial charge in [0, 0.05) is 16.1 Å². The van der Waals surface area contributed by atoms with E-state index in [9.17, 15) is 9.59 Å². The van der Waals surface area contributed by atoms with Gasteiger partial charge in [0.25, 0.3) is 5.56 Å². The number of aromatic nitrogens is 1. The number of esters is 1. The van der Waals surface area contributed by atoms with Crippen LogP contribution in [0.5, 0.6) is 11.5 Å². The number of nitrogens with zero attached hydrogens (tertiary/aromatic N) is 2. The number of halogens is 1. The van der Waals surface area contributed by atoms with Crippen molar-refractivity contribution in [2.75, 3.05) is 13.7 Å². The molecule has 0 spiro atoms. The van der Waals surface area contributed by atoms with Gasteiger partial charge in [-0.1, -0.05) is 84.8 Å². The first-order chi connectivity index (χ1) is 20.4. The van der Waals surface area contributed by atoms with Crippen LogP contribution in [0.15, 0.2) is 93.9 Å². The first-order valence-electron chi connectivity index (χ1n) is 13.8. The van der Waals surface area contributed by atoms with Gasteiger partial charge in [0.15, 0.2) is 4.80 Å². The van der Waals surface area contributed by atoms with Crippen molar-refractivity contribution in [1.82, 2.24) is 4.57 Å². The molecule has 0 bridgehead atoms. The van der Waals surface area contributed by atoms with Crippen LogP contribution < -0.4 is 24.4 Å². The van der Waals surface area contributed by atoms with E-state index < -0.39 is 12.0 Å². The fraction of sp³-hybridized carbons (Fsp3) is 0.242. The minimum Gasteiger partial charge on any atom is -0.496 e. The summed E-state index contributed by atoms with van der Waals surface area (Å²) in [6.07, 6.45) is 3.18. The number of carbonyl (C=O) groups is 1. The smallest absolute Gasteiger partial charge is 0.338 e. The highest BCUT2D eigenvalue weighted by atomic mass is 35.5. The minimum absolute atomic E-state index is 0.211. The Bertz CT molecular complexity index is 1810. The molecule has 1 aromatic heterocycles. The first kappa shape index (κ1) is 29.4. The van der Waals surface area contributed by atoms with Crippen LogP contribution in [0.1, 0.15) is 49.4 Å². The van der Waals surface area contributed by atoms with Gasteiger partial charge < -0.3 is 14.2 Å². The van der Waals surface area contributed by atoms with Gasteiger partial charge >= 0.3 is 5.97 Å². The summed E-state index contributed by atoms with van der Waals surface area (Å²) in [5.41, 5.74) is 3.17. The molecule has 1 atom stereocenters. The maximum Gasteiger partial charge on any atom is 0.338 e. The average Bonchev–Trinajstić information content (AvgIpc) is 3.31. The zero-order valence-electron chi connectivity index (χ0n) is 23.6. The number of carbonyl (C=O) groups excluding carboxylic acids is 1. The molecule has 42 heavy (non-hydrogen) atoms. The summed E-state index contributed by atoms with van der Waals surface area (Å²) < 4.78 is 19.1. The zero-order chi connectivity index (χ0) is 29.6. The molecule has 0 saturated heterocycles. The molecule has 0 saturated carbocycles. The summed E-state index contributed by atoms with van der Waals surface area (Å²) in [6, 6.07) is 21.7. The Kier molecular flexibility index (Phi) is 9.25. The number of rotatable bonds is 10. The molecule has 0 N–H and O–H groups in total. The highest BCUT2D eigenvalue weighted by molar-refractivity contribution is 7.07. The third-order valence-electron chi connectivity index (χ3n) is 6.86. The van der Waals surface area contributed by atoms with Gasteiger partial charge in [0.1, 0.15) is 24.1 Å². The Labute approximate surface area is 253 Å². The number of fused-ring (bicyclic) bond motifs is 1. The van der Waals surface area contributed by atoms with E-state index in [0.29, 0.717) is 55.7 Å². The van der Waals surface area contributed by atoms with E-state index in [0.717, 1.165) is 17.5 Å². The molecule has 0 radical (unpaired) electrons. The van der Waals surface area contributed by atoms with Crippen LogP contribution in [0.4, 0.5) is 0 Å². The van der Waals surface area contributed by atoms with Crippen molar-refractivity contribution in [3.05, 3.63) is 125 Å². The van der Waals surface area contributed by atoms with E-state index in [1.165, 1.54) is 11.3 Å². The molecule has 3 aromatic carbocycles. The Morgan fingerprint density at radius 2 is 1.79 bits per heavy atom. The van der Waals surface area contributed by atoms with E-state index in [1.807, 2.05) is 85.8 Å². The van der Waals surface area contributed by atoms with Gasteiger partial charge in [-0.05, 0) is 49.2 Å². The van der Waals surface area contributed by atoms with Crippen molar-refractivity contribution < 1.29 is 19.0 Å². The van der Waals surface area contributed by atoms with Crippen LogP contribution in [0.25, 0.3) is 6.08 Å². The molecule has 2 heterocycles. The number of para-hydroxylation sites is 1. The van der Waals surface area contributed by atoms with Crippen LogP contribution in [-0.2, 0) is 16.1 Å². The van der Waals surface area contributed by atoms with Crippen molar-refractivity contribution in [2.45, 2.75) is 39.3 Å². The van der Waals surface area contributed by atoms with Gasteiger partial charge in [-0.25, -0.2) is 9.79 Å². The average molecular weight is 603 g/mol. The van der Waals surface area contributed by atoms with Gasteiger partial charge in [-0.15, -0.1) is 0 Å². The molecule has 7 nitrogen and oxygen atoms in total. The number of benzene rings is 3. The lowest BCUT2D eigenvalue weighted by Crippen LogP contribution is -2.40. The van der Waals surface area contributed by atoms with Crippen LogP contribution in [-0.4, -0.2) is 24.3 Å². The van der Waals surface area contributed by atoms with E-state index >= 15 is 0 Å². The normalized spacial score (nSPS) is 14.8. The van der Waals surface area contributed by atoms with Crippen LogP contribution in [0, 0.1) is 0 Å². The predicted molar refractivity (Wildman–Crippen MR) is 165 cm³/mol. The molecule has 1 aliphatic heterocycles. The molecule has 5 rings (SSSR count). The molecule has 0 amide bonds. The third kappa shape index (κ3) is 6.05. The monoisotopic (exact) mass is 602 g/mol. The van der Waals surface area contributed by atoms with E-state index in [-0.39, 0.29) is 12.2 Å². The largest absolute Gasteiger partial charge is 0.496 e. The van der Waals surface area contributed by atoms with Crippen LogP contribution in [0.2, 0.25) is 5.02 Å². The molecule has 9 heteroatoms. The third-order valence-corrected chi connectivity index (χ3v) is 8.21. The lowest BCUT2D eigenvalue weighted by atomic mass is 9.93. The molecule has 216 valence electrons. The van der Waals surface area contributed by atoms with Crippen molar-refractivity contribution in [3.8, 4) is 11.5 Å². The molecular weight excluding hydrogens is 572 g/mol. The summed E-state index contributed by atoms with van der Waals surface area (Å²) in [7, 11) is 1.57. The van der Waals surface area contributed by atoms with Crippen molar-refractivity contribution in [2.24, 2.45) is 4.99 Å². The van der Waals surface area contributed by atoms with E-state index in [1.54, 1.807) is 18.6 Å². The quantitative estimate of drug-likeness (QED) is 0.214. The highest BCUT2D eigenvalue weighted by Crippen LogP contribution is 2.36. The second-order valence-electron chi connectivity index (χ2n) is 9.60. The van der Waals surface area contributed by atoms with Gasteiger partial charge in [-0.3, -0.25) is 9.36 Å². The molecule has 4 aromatic rings. The molecule has 0 fully saturated rings. The standard InChI is InChI=1S/C33H31ClN2O5S/c1-4-10-26-29(32(38)40-5-2)30(24-12-7-9-14-27(24)39-3)36-31(37)28(42-33(36)35-26)19-21-15-17-23(18-16-21)41-20-22-11-6-8-13-25(22)34/h6-9,11-19,30H,4-5,10,20H2,1-3H3/b28-19-. The summed E-state index contributed by atoms with van der Waals surface area (Å²) in [6.45, 7) is 4.35. The Hall–Kier alpha value is -4.14. The van der Waals surface area contributed by atoms with Gasteiger partial charge in [0.05, 0.1) is 29.5 Å². The van der Waals surface area contributed by atoms with Crippen molar-refractivity contribution >= 4 is 35.0 Å². The van der Waals surface area contributed by atoms with E-state index in [2.05, 4.69) is 0 Å². The second kappa shape index (κ2) is 13.2. The highest BCUT2D eigenvalue weighted by Gasteiger charge is 2.35. The van der Waals surface area contributed by atoms with Crippen molar-refractivity contribution in [3.63, 3.8) is 0 Å². The van der Waals surface area contributed by atoms with Gasteiger partial charge in [0.2, 0.25) is 0 Å². The van der Waals surface area contributed by atoms with Crippen molar-refractivity contribution in [1.29, 1.82) is 0 Å².